The van der Waals surface area contributed by atoms with E-state index in [1.807, 2.05) is 20.8 Å². The number of aromatic nitrogens is 1. The molecule has 19 heavy (non-hydrogen) atoms. The first-order valence-electron chi connectivity index (χ1n) is 6.47. The molecule has 0 bridgehead atoms. The van der Waals surface area contributed by atoms with Gasteiger partial charge in [0.2, 0.25) is 0 Å². The molecule has 5 nitrogen and oxygen atoms in total. The highest BCUT2D eigenvalue weighted by atomic mass is 16.5. The lowest BCUT2D eigenvalue weighted by molar-refractivity contribution is 0.0943. The Morgan fingerprint density at radius 2 is 2.11 bits per heavy atom. The molecule has 104 valence electrons. The summed E-state index contributed by atoms with van der Waals surface area (Å²) < 4.78 is 11.7. The second-order valence-electron chi connectivity index (χ2n) is 5.60. The predicted octanol–water partition coefficient (Wildman–Crippen LogP) is 2.16. The maximum Gasteiger partial charge on any atom is 0.273 e. The van der Waals surface area contributed by atoms with Crippen LogP contribution in [0, 0.1) is 0 Å². The molecule has 0 aromatic carbocycles. The Hall–Kier alpha value is -1.78. The van der Waals surface area contributed by atoms with E-state index in [1.165, 1.54) is 0 Å². The van der Waals surface area contributed by atoms with E-state index in [2.05, 4.69) is 10.3 Å². The second kappa shape index (κ2) is 5.07. The fourth-order valence-electron chi connectivity index (χ4n) is 1.59. The lowest BCUT2D eigenvalue weighted by Gasteiger charge is -2.23. The molecule has 0 radical (unpaired) electrons. The van der Waals surface area contributed by atoms with Crippen LogP contribution in [-0.4, -0.2) is 29.6 Å². The topological polar surface area (TPSA) is 60.5 Å². The van der Waals surface area contributed by atoms with Crippen LogP contribution in [0.15, 0.2) is 12.3 Å². The second-order valence-corrected chi connectivity index (χ2v) is 5.60. The van der Waals surface area contributed by atoms with Crippen LogP contribution in [0.25, 0.3) is 0 Å². The summed E-state index contributed by atoms with van der Waals surface area (Å²) in [5, 5.41) is 2.57. The van der Waals surface area contributed by atoms with E-state index in [0.29, 0.717) is 11.5 Å². The Balaban J connectivity index is 2.37. The number of rotatable bonds is 4. The van der Waals surface area contributed by atoms with Gasteiger partial charge in [-0.05, 0) is 33.6 Å². The van der Waals surface area contributed by atoms with Crippen molar-refractivity contribution in [2.24, 2.45) is 0 Å². The lowest BCUT2D eigenvalue weighted by Crippen LogP contribution is -2.25. The van der Waals surface area contributed by atoms with Crippen molar-refractivity contribution >= 4 is 5.91 Å². The third kappa shape index (κ3) is 3.59. The van der Waals surface area contributed by atoms with E-state index in [-0.39, 0.29) is 23.3 Å². The molecular weight excluding hydrogens is 244 g/mol. The zero-order chi connectivity index (χ0) is 14.0. The average molecular weight is 264 g/mol. The molecule has 1 aliphatic rings. The van der Waals surface area contributed by atoms with Crippen LogP contribution in [0.2, 0.25) is 0 Å². The molecule has 1 fully saturated rings. The van der Waals surface area contributed by atoms with Gasteiger partial charge in [-0.3, -0.25) is 4.79 Å². The van der Waals surface area contributed by atoms with Crippen LogP contribution in [0.5, 0.6) is 11.5 Å². The number of hydrogen-bond acceptors (Lipinski definition) is 4. The molecule has 0 unspecified atom stereocenters. The fraction of sp³-hybridized carbons (Fsp3) is 0.571. The standard InChI is InChI=1S/C14H20N2O3/c1-14(2,3)19-10-7-8-16-11(13(17)15-4)12(10)18-9-5-6-9/h7-9H,5-6H2,1-4H3,(H,15,17). The molecule has 1 amide bonds. The molecule has 2 rings (SSSR count). The number of ether oxygens (including phenoxy) is 2. The molecule has 1 aromatic rings. The highest BCUT2D eigenvalue weighted by Crippen LogP contribution is 2.37. The summed E-state index contributed by atoms with van der Waals surface area (Å²) in [5.41, 5.74) is -0.0839. The van der Waals surface area contributed by atoms with Crippen LogP contribution in [0.4, 0.5) is 0 Å². The Kier molecular flexibility index (Phi) is 3.64. The normalized spacial score (nSPS) is 14.9. The van der Waals surface area contributed by atoms with Gasteiger partial charge in [-0.2, -0.15) is 0 Å². The maximum absolute atomic E-state index is 11.8. The third-order valence-electron chi connectivity index (χ3n) is 2.54. The summed E-state index contributed by atoms with van der Waals surface area (Å²) in [6.07, 6.45) is 3.76. The number of hydrogen-bond donors (Lipinski definition) is 1. The maximum atomic E-state index is 11.8. The van der Waals surface area contributed by atoms with Gasteiger partial charge in [0.1, 0.15) is 5.60 Å². The van der Waals surface area contributed by atoms with Crippen LogP contribution >= 0.6 is 0 Å². The Labute approximate surface area is 113 Å². The smallest absolute Gasteiger partial charge is 0.273 e. The molecular formula is C14H20N2O3. The molecule has 1 aliphatic carbocycles. The van der Waals surface area contributed by atoms with Gasteiger partial charge in [0.15, 0.2) is 17.2 Å². The van der Waals surface area contributed by atoms with Crippen molar-refractivity contribution in [3.63, 3.8) is 0 Å². The van der Waals surface area contributed by atoms with E-state index >= 15 is 0 Å². The zero-order valence-corrected chi connectivity index (χ0v) is 11.8. The molecule has 0 aliphatic heterocycles. The minimum Gasteiger partial charge on any atom is -0.484 e. The van der Waals surface area contributed by atoms with Crippen molar-refractivity contribution in [3.05, 3.63) is 18.0 Å². The summed E-state index contributed by atoms with van der Waals surface area (Å²) >= 11 is 0. The van der Waals surface area contributed by atoms with Gasteiger partial charge in [-0.1, -0.05) is 0 Å². The van der Waals surface area contributed by atoms with Gasteiger partial charge >= 0.3 is 0 Å². The summed E-state index contributed by atoms with van der Waals surface area (Å²) in [5.74, 6) is 0.738. The van der Waals surface area contributed by atoms with Gasteiger partial charge in [0.05, 0.1) is 6.10 Å². The van der Waals surface area contributed by atoms with Gasteiger partial charge in [0, 0.05) is 19.3 Å². The zero-order valence-electron chi connectivity index (χ0n) is 11.8. The molecule has 1 N–H and O–H groups in total. The van der Waals surface area contributed by atoms with E-state index in [1.54, 1.807) is 19.3 Å². The van der Waals surface area contributed by atoms with Crippen molar-refractivity contribution in [1.82, 2.24) is 10.3 Å². The molecule has 1 saturated carbocycles. The summed E-state index contributed by atoms with van der Waals surface area (Å²) in [4.78, 5) is 15.9. The largest absolute Gasteiger partial charge is 0.484 e. The highest BCUT2D eigenvalue weighted by Gasteiger charge is 2.29. The summed E-state index contributed by atoms with van der Waals surface area (Å²) in [7, 11) is 1.57. The molecule has 1 aromatic heterocycles. The number of nitrogens with one attached hydrogen (secondary N) is 1. The SMILES string of the molecule is CNC(=O)c1nccc(OC(C)(C)C)c1OC1CC1. The lowest BCUT2D eigenvalue weighted by atomic mass is 10.2. The van der Waals surface area contributed by atoms with Gasteiger partial charge < -0.3 is 14.8 Å². The Morgan fingerprint density at radius 1 is 1.42 bits per heavy atom. The summed E-state index contributed by atoms with van der Waals surface area (Å²) in [6.45, 7) is 5.86. The van der Waals surface area contributed by atoms with Crippen LogP contribution in [-0.2, 0) is 0 Å². The van der Waals surface area contributed by atoms with E-state index in [9.17, 15) is 4.79 Å². The fourth-order valence-corrected chi connectivity index (χ4v) is 1.59. The number of amides is 1. The molecule has 1 heterocycles. The highest BCUT2D eigenvalue weighted by molar-refractivity contribution is 5.95. The van der Waals surface area contributed by atoms with Crippen molar-refractivity contribution in [2.45, 2.75) is 45.3 Å². The first kappa shape index (κ1) is 13.6. The van der Waals surface area contributed by atoms with Crippen molar-refractivity contribution in [1.29, 1.82) is 0 Å². The van der Waals surface area contributed by atoms with Gasteiger partial charge in [-0.15, -0.1) is 0 Å². The summed E-state index contributed by atoms with van der Waals surface area (Å²) in [6, 6.07) is 1.73. The van der Waals surface area contributed by atoms with Crippen molar-refractivity contribution < 1.29 is 14.3 Å². The van der Waals surface area contributed by atoms with Crippen LogP contribution in [0.3, 0.4) is 0 Å². The van der Waals surface area contributed by atoms with Gasteiger partial charge in [-0.25, -0.2) is 4.98 Å². The molecule has 5 heteroatoms. The average Bonchev–Trinajstić information content (AvgIpc) is 3.12. The van der Waals surface area contributed by atoms with E-state index in [0.717, 1.165) is 12.8 Å². The van der Waals surface area contributed by atoms with Crippen molar-refractivity contribution in [2.75, 3.05) is 7.05 Å². The van der Waals surface area contributed by atoms with E-state index < -0.39 is 0 Å². The molecule has 0 spiro atoms. The number of carbonyl (C=O) groups excluding carboxylic acids is 1. The quantitative estimate of drug-likeness (QED) is 0.905. The third-order valence-corrected chi connectivity index (χ3v) is 2.54. The number of pyridine rings is 1. The van der Waals surface area contributed by atoms with Gasteiger partial charge in [0.25, 0.3) is 5.91 Å². The Morgan fingerprint density at radius 3 is 2.63 bits per heavy atom. The molecule has 0 atom stereocenters. The number of nitrogens with zero attached hydrogens (tertiary/aromatic N) is 1. The van der Waals surface area contributed by atoms with Crippen molar-refractivity contribution in [3.8, 4) is 11.5 Å². The molecule has 0 saturated heterocycles. The van der Waals surface area contributed by atoms with E-state index in [4.69, 9.17) is 9.47 Å². The van der Waals surface area contributed by atoms with Crippen LogP contribution < -0.4 is 14.8 Å². The minimum absolute atomic E-state index is 0.176. The number of carbonyl (C=O) groups is 1. The first-order chi connectivity index (χ1) is 8.90. The monoisotopic (exact) mass is 264 g/mol. The minimum atomic E-state index is -0.358. The Bertz CT molecular complexity index is 476. The van der Waals surface area contributed by atoms with Crippen LogP contribution in [0.1, 0.15) is 44.1 Å². The predicted molar refractivity (Wildman–Crippen MR) is 71.7 cm³/mol. The first-order valence-corrected chi connectivity index (χ1v) is 6.47.